The van der Waals surface area contributed by atoms with E-state index >= 15 is 0 Å². The number of aryl methyl sites for hydroxylation is 1. The molecule has 2 aromatic carbocycles. The molecule has 0 spiro atoms. The Kier molecular flexibility index (Phi) is 5.27. The number of carbonyl (C=O) groups excluding carboxylic acids is 2. The fraction of sp³-hybridized carbons (Fsp3) is 0.280. The summed E-state index contributed by atoms with van der Waals surface area (Å²) in [5.74, 6) is -1.59. The van der Waals surface area contributed by atoms with Crippen molar-refractivity contribution in [2.24, 2.45) is 0 Å². The van der Waals surface area contributed by atoms with Gasteiger partial charge in [-0.25, -0.2) is 0 Å². The lowest BCUT2D eigenvalue weighted by Gasteiger charge is -2.29. The minimum absolute atomic E-state index is 0.0174. The highest BCUT2D eigenvalue weighted by Crippen LogP contribution is 2.40. The smallest absolute Gasteiger partial charge is 0.290 e. The van der Waals surface area contributed by atoms with E-state index < -0.39 is 23.5 Å². The number of aliphatic hydroxyl groups excluding tert-OH is 1. The van der Waals surface area contributed by atoms with Crippen molar-refractivity contribution in [2.75, 3.05) is 13.2 Å². The van der Waals surface area contributed by atoms with Crippen LogP contribution in [-0.2, 0) is 9.53 Å². The molecule has 3 aromatic rings. The molecule has 6 nitrogen and oxygen atoms in total. The summed E-state index contributed by atoms with van der Waals surface area (Å²) in [5.41, 5.74) is 2.26. The Labute approximate surface area is 190 Å². The molecule has 1 saturated heterocycles. The number of carbonyl (C=O) groups is 2. The van der Waals surface area contributed by atoms with Gasteiger partial charge in [-0.05, 0) is 49.6 Å². The number of nitrogens with zero attached hydrogens (tertiary/aromatic N) is 1. The molecule has 0 aliphatic carbocycles. The van der Waals surface area contributed by atoms with Gasteiger partial charge in [0.05, 0.1) is 17.7 Å². The zero-order chi connectivity index (χ0) is 22.4. The third-order valence-electron chi connectivity index (χ3n) is 6.03. The van der Waals surface area contributed by atoms with Crippen molar-refractivity contribution in [2.45, 2.75) is 31.9 Å². The topological polar surface area (TPSA) is 80.0 Å². The van der Waals surface area contributed by atoms with Gasteiger partial charge in [-0.15, -0.1) is 0 Å². The molecule has 0 radical (unpaired) electrons. The fourth-order valence-corrected chi connectivity index (χ4v) is 4.71. The number of furan rings is 1. The predicted molar refractivity (Wildman–Crippen MR) is 120 cm³/mol. The molecule has 0 saturated carbocycles. The first-order valence-corrected chi connectivity index (χ1v) is 11.0. The standard InChI is InChI=1S/C25H22ClNO5/c1-14-4-2-5-15(10-14)22-21(24(29)25(30)27(22)13-18-6-3-9-31-18)23(28)20-12-16-11-17(26)7-8-19(16)32-20/h2,4-5,7-8,10-12,18,22,29H,3,6,9,13H2,1H3. The number of amides is 1. The molecule has 164 valence electrons. The molecular weight excluding hydrogens is 430 g/mol. The molecule has 5 rings (SSSR count). The van der Waals surface area contributed by atoms with Gasteiger partial charge in [0.15, 0.2) is 11.5 Å². The van der Waals surface area contributed by atoms with Crippen LogP contribution in [0.5, 0.6) is 0 Å². The lowest BCUT2D eigenvalue weighted by molar-refractivity contribution is -0.131. The molecule has 1 amide bonds. The number of ketones is 1. The van der Waals surface area contributed by atoms with E-state index in [-0.39, 0.29) is 17.4 Å². The molecule has 0 bridgehead atoms. The van der Waals surface area contributed by atoms with Crippen LogP contribution in [0.4, 0.5) is 0 Å². The maximum Gasteiger partial charge on any atom is 0.290 e. The molecular formula is C25H22ClNO5. The number of hydrogen-bond donors (Lipinski definition) is 1. The third kappa shape index (κ3) is 3.59. The van der Waals surface area contributed by atoms with E-state index in [1.54, 1.807) is 24.3 Å². The highest BCUT2D eigenvalue weighted by Gasteiger charge is 2.45. The van der Waals surface area contributed by atoms with Gasteiger partial charge in [-0.1, -0.05) is 41.4 Å². The lowest BCUT2D eigenvalue weighted by atomic mass is 9.94. The summed E-state index contributed by atoms with van der Waals surface area (Å²) < 4.78 is 11.5. The second kappa shape index (κ2) is 8.11. The Morgan fingerprint density at radius 2 is 2.06 bits per heavy atom. The normalized spacial score (nSPS) is 21.2. The number of aliphatic hydroxyl groups is 1. The zero-order valence-corrected chi connectivity index (χ0v) is 18.3. The van der Waals surface area contributed by atoms with E-state index in [1.165, 1.54) is 4.90 Å². The van der Waals surface area contributed by atoms with Crippen molar-refractivity contribution in [3.63, 3.8) is 0 Å². The van der Waals surface area contributed by atoms with Gasteiger partial charge in [0.2, 0.25) is 5.78 Å². The van der Waals surface area contributed by atoms with Crippen LogP contribution in [0.2, 0.25) is 5.02 Å². The summed E-state index contributed by atoms with van der Waals surface area (Å²) >= 11 is 6.06. The Balaban J connectivity index is 1.58. The van der Waals surface area contributed by atoms with Crippen LogP contribution in [0.3, 0.4) is 0 Å². The second-order valence-electron chi connectivity index (χ2n) is 8.29. The number of Topliss-reactive ketones (excluding diaryl/α,β-unsaturated/α-hetero) is 1. The Morgan fingerprint density at radius 3 is 2.81 bits per heavy atom. The largest absolute Gasteiger partial charge is 0.503 e. The SMILES string of the molecule is Cc1cccc(C2C(C(=O)c3cc4cc(Cl)ccc4o3)=C(O)C(=O)N2CC2CCCO2)c1. The van der Waals surface area contributed by atoms with E-state index in [1.807, 2.05) is 31.2 Å². The summed E-state index contributed by atoms with van der Waals surface area (Å²) in [6.45, 7) is 2.89. The Bertz CT molecular complexity index is 1250. The highest BCUT2D eigenvalue weighted by molar-refractivity contribution is 6.31. The van der Waals surface area contributed by atoms with Crippen LogP contribution >= 0.6 is 11.6 Å². The number of hydrogen-bond acceptors (Lipinski definition) is 5. The summed E-state index contributed by atoms with van der Waals surface area (Å²) in [4.78, 5) is 28.2. The number of rotatable bonds is 5. The van der Waals surface area contributed by atoms with Gasteiger partial charge in [0, 0.05) is 23.6 Å². The minimum atomic E-state index is -0.726. The second-order valence-corrected chi connectivity index (χ2v) is 8.73. The molecule has 1 fully saturated rings. The Morgan fingerprint density at radius 1 is 1.22 bits per heavy atom. The van der Waals surface area contributed by atoms with Crippen LogP contribution in [-0.4, -0.2) is 41.0 Å². The van der Waals surface area contributed by atoms with Crippen LogP contribution in [0.25, 0.3) is 11.0 Å². The maximum atomic E-state index is 13.6. The Hall–Kier alpha value is -3.09. The van der Waals surface area contributed by atoms with E-state index in [0.717, 1.165) is 24.0 Å². The summed E-state index contributed by atoms with van der Waals surface area (Å²) in [5, 5.41) is 12.0. The number of ether oxygens (including phenoxy) is 1. The van der Waals surface area contributed by atoms with Crippen molar-refractivity contribution < 1.29 is 23.8 Å². The molecule has 2 unspecified atom stereocenters. The van der Waals surface area contributed by atoms with Crippen molar-refractivity contribution in [1.82, 2.24) is 4.90 Å². The first-order chi connectivity index (χ1) is 15.4. The van der Waals surface area contributed by atoms with Gasteiger partial charge in [-0.2, -0.15) is 0 Å². The van der Waals surface area contributed by atoms with Crippen LogP contribution in [0, 0.1) is 6.92 Å². The van der Waals surface area contributed by atoms with Gasteiger partial charge in [0.25, 0.3) is 5.91 Å². The van der Waals surface area contributed by atoms with Crippen molar-refractivity contribution in [3.8, 4) is 0 Å². The number of fused-ring (bicyclic) bond motifs is 1. The van der Waals surface area contributed by atoms with Crippen LogP contribution in [0.15, 0.2) is 64.3 Å². The van der Waals surface area contributed by atoms with E-state index in [2.05, 4.69) is 0 Å². The average molecular weight is 452 g/mol. The number of halogens is 1. The predicted octanol–water partition coefficient (Wildman–Crippen LogP) is 5.15. The van der Waals surface area contributed by atoms with E-state index in [4.69, 9.17) is 20.8 Å². The van der Waals surface area contributed by atoms with Crippen LogP contribution in [0.1, 0.15) is 40.6 Å². The quantitative estimate of drug-likeness (QED) is 0.542. The van der Waals surface area contributed by atoms with E-state index in [0.29, 0.717) is 29.1 Å². The fourth-order valence-electron chi connectivity index (χ4n) is 4.53. The minimum Gasteiger partial charge on any atom is -0.503 e. The zero-order valence-electron chi connectivity index (χ0n) is 17.5. The molecule has 7 heteroatoms. The highest BCUT2D eigenvalue weighted by atomic mass is 35.5. The first kappa shape index (κ1) is 20.8. The van der Waals surface area contributed by atoms with Gasteiger partial charge >= 0.3 is 0 Å². The molecule has 2 aliphatic rings. The molecule has 2 aliphatic heterocycles. The summed E-state index contributed by atoms with van der Waals surface area (Å²) in [6.07, 6.45) is 1.63. The van der Waals surface area contributed by atoms with Crippen molar-refractivity contribution >= 4 is 34.3 Å². The molecule has 1 N–H and O–H groups in total. The van der Waals surface area contributed by atoms with E-state index in [9.17, 15) is 14.7 Å². The number of benzene rings is 2. The molecule has 3 heterocycles. The summed E-state index contributed by atoms with van der Waals surface area (Å²) in [6, 6.07) is 13.5. The van der Waals surface area contributed by atoms with Crippen LogP contribution < -0.4 is 0 Å². The first-order valence-electron chi connectivity index (χ1n) is 10.6. The molecule has 32 heavy (non-hydrogen) atoms. The molecule has 2 atom stereocenters. The van der Waals surface area contributed by atoms with Gasteiger partial charge < -0.3 is 19.2 Å². The lowest BCUT2D eigenvalue weighted by Crippen LogP contribution is -2.37. The molecule has 1 aromatic heterocycles. The monoisotopic (exact) mass is 451 g/mol. The average Bonchev–Trinajstić information content (AvgIpc) is 3.48. The maximum absolute atomic E-state index is 13.6. The van der Waals surface area contributed by atoms with Crippen molar-refractivity contribution in [3.05, 3.63) is 81.8 Å². The summed E-state index contributed by atoms with van der Waals surface area (Å²) in [7, 11) is 0. The van der Waals surface area contributed by atoms with Crippen molar-refractivity contribution in [1.29, 1.82) is 0 Å². The van der Waals surface area contributed by atoms with Gasteiger partial charge in [0.1, 0.15) is 5.58 Å². The van der Waals surface area contributed by atoms with Gasteiger partial charge in [-0.3, -0.25) is 9.59 Å². The third-order valence-corrected chi connectivity index (χ3v) is 6.27.